The summed E-state index contributed by atoms with van der Waals surface area (Å²) in [6.07, 6.45) is 4.48. The smallest absolute Gasteiger partial charge is 0.102 e. The fourth-order valence-electron chi connectivity index (χ4n) is 10.8. The molecular formula is C57H32N6S. The van der Waals surface area contributed by atoms with Crippen LogP contribution in [0.25, 0.3) is 81.5 Å². The molecule has 0 saturated carbocycles. The summed E-state index contributed by atoms with van der Waals surface area (Å²) < 4.78 is 6.83. The summed E-state index contributed by atoms with van der Waals surface area (Å²) in [6, 6.07) is 65.9. The number of hydrogen-bond acceptors (Lipinski definition) is 5. The summed E-state index contributed by atoms with van der Waals surface area (Å²) in [5.74, 6) is 0.0844. The average Bonchev–Trinajstić information content (AvgIpc) is 4.09. The minimum absolute atomic E-state index is 0.0718. The first kappa shape index (κ1) is 36.0. The Morgan fingerprint density at radius 1 is 0.500 bits per heavy atom. The van der Waals surface area contributed by atoms with Gasteiger partial charge >= 0.3 is 0 Å². The van der Waals surface area contributed by atoms with Gasteiger partial charge in [-0.15, -0.1) is 11.3 Å². The standard InChI is InChI=1S/C57H32N6S/c58-31-34-22-24-40(51(28-34)62-48-19-9-5-15-39(48)44-30-54-45(29-52(44)62)41-16-7-11-21-53(41)64-54)37-25-23-35(32-59)56(46(37)33-60)63-49-20-10-6-17-43(49)55-50(63)27-26-42-38-14-4-8-18-47(38)61(57(42)55)36-12-2-1-3-13-36/h1-30,42,57H. The van der Waals surface area contributed by atoms with Crippen LogP contribution in [0.1, 0.15) is 45.5 Å². The van der Waals surface area contributed by atoms with E-state index in [1.807, 2.05) is 48.5 Å². The third-order valence-corrected chi connectivity index (χ3v) is 14.5. The molecule has 7 heteroatoms. The summed E-state index contributed by atoms with van der Waals surface area (Å²) in [7, 11) is 0. The quantitative estimate of drug-likeness (QED) is 0.177. The molecule has 0 radical (unpaired) electrons. The first-order chi connectivity index (χ1) is 31.6. The molecule has 2 atom stereocenters. The highest BCUT2D eigenvalue weighted by Crippen LogP contribution is 2.58. The van der Waals surface area contributed by atoms with Crippen LogP contribution in [-0.4, -0.2) is 9.13 Å². The van der Waals surface area contributed by atoms with E-state index in [4.69, 9.17) is 0 Å². The summed E-state index contributed by atoms with van der Waals surface area (Å²) in [5.41, 5.74) is 12.6. The second kappa shape index (κ2) is 13.7. The lowest BCUT2D eigenvalue weighted by Gasteiger charge is -2.32. The minimum atomic E-state index is -0.0718. The zero-order chi connectivity index (χ0) is 42.6. The Balaban J connectivity index is 1.09. The van der Waals surface area contributed by atoms with Gasteiger partial charge in [-0.3, -0.25) is 0 Å². The molecule has 1 aliphatic carbocycles. The monoisotopic (exact) mass is 832 g/mol. The van der Waals surface area contributed by atoms with Crippen LogP contribution in [0.3, 0.4) is 0 Å². The molecule has 64 heavy (non-hydrogen) atoms. The molecule has 0 spiro atoms. The van der Waals surface area contributed by atoms with Gasteiger partial charge in [-0.2, -0.15) is 15.8 Å². The van der Waals surface area contributed by atoms with Crippen LogP contribution in [-0.2, 0) is 0 Å². The van der Waals surface area contributed by atoms with Crippen molar-refractivity contribution >= 4 is 81.7 Å². The number of nitriles is 3. The Morgan fingerprint density at radius 2 is 1.22 bits per heavy atom. The van der Waals surface area contributed by atoms with Crippen LogP contribution in [0.15, 0.2) is 176 Å². The number of benzene rings is 8. The van der Waals surface area contributed by atoms with Crippen molar-refractivity contribution < 1.29 is 0 Å². The fourth-order valence-corrected chi connectivity index (χ4v) is 11.9. The molecule has 1 aliphatic heterocycles. The highest BCUT2D eigenvalue weighted by Gasteiger charge is 2.44. The van der Waals surface area contributed by atoms with E-state index in [9.17, 15) is 15.8 Å². The highest BCUT2D eigenvalue weighted by molar-refractivity contribution is 7.25. The Kier molecular flexibility index (Phi) is 7.69. The summed E-state index contributed by atoms with van der Waals surface area (Å²) in [5, 5.41) is 38.5. The van der Waals surface area contributed by atoms with Gasteiger partial charge in [0.1, 0.15) is 12.1 Å². The lowest BCUT2D eigenvalue weighted by atomic mass is 9.84. The van der Waals surface area contributed by atoms with Gasteiger partial charge in [-0.05, 0) is 78.4 Å². The SMILES string of the molecule is N#Cc1ccc(-c2ccc(C#N)c(-n3c4c(c5ccccc53)C3C(C=C4)c4ccccc4N3c3ccccc3)c2C#N)c(-n2c3ccccc3c3cc4sc5ccccc5c4cc32)c1. The number of anilines is 2. The van der Waals surface area contributed by atoms with Gasteiger partial charge in [0.15, 0.2) is 0 Å². The van der Waals surface area contributed by atoms with E-state index in [0.717, 1.165) is 60.9 Å². The van der Waals surface area contributed by atoms with E-state index >= 15 is 0 Å². The maximum absolute atomic E-state index is 11.5. The molecule has 2 unspecified atom stereocenters. The summed E-state index contributed by atoms with van der Waals surface area (Å²) >= 11 is 1.79. The van der Waals surface area contributed by atoms with E-state index in [1.165, 1.54) is 31.4 Å². The van der Waals surface area contributed by atoms with Crippen molar-refractivity contribution in [2.75, 3.05) is 4.90 Å². The lowest BCUT2D eigenvalue weighted by Crippen LogP contribution is -2.24. The molecule has 0 fully saturated rings. The third-order valence-electron chi connectivity index (χ3n) is 13.4. The van der Waals surface area contributed by atoms with Crippen molar-refractivity contribution in [2.45, 2.75) is 12.0 Å². The predicted molar refractivity (Wildman–Crippen MR) is 260 cm³/mol. The fraction of sp³-hybridized carbons (Fsp3) is 0.0351. The molecule has 6 nitrogen and oxygen atoms in total. The molecule has 0 amide bonds. The second-order valence-electron chi connectivity index (χ2n) is 16.5. The van der Waals surface area contributed by atoms with Crippen LogP contribution >= 0.6 is 11.3 Å². The molecule has 3 aromatic heterocycles. The minimum Gasteiger partial charge on any atom is -0.333 e. The van der Waals surface area contributed by atoms with Gasteiger partial charge in [0, 0.05) is 70.3 Å². The van der Waals surface area contributed by atoms with E-state index in [0.29, 0.717) is 27.9 Å². The molecule has 2 aliphatic rings. The zero-order valence-electron chi connectivity index (χ0n) is 34.1. The molecule has 0 N–H and O–H groups in total. The summed E-state index contributed by atoms with van der Waals surface area (Å²) in [6.45, 7) is 0. The van der Waals surface area contributed by atoms with Crippen LogP contribution < -0.4 is 4.90 Å². The average molecular weight is 833 g/mol. The summed E-state index contributed by atoms with van der Waals surface area (Å²) in [4.78, 5) is 2.45. The van der Waals surface area contributed by atoms with Crippen molar-refractivity contribution in [1.82, 2.24) is 9.13 Å². The van der Waals surface area contributed by atoms with Crippen LogP contribution in [0.4, 0.5) is 11.4 Å². The number of rotatable bonds is 4. The Hall–Kier alpha value is -8.67. The van der Waals surface area contributed by atoms with Crippen molar-refractivity contribution in [2.24, 2.45) is 0 Å². The maximum atomic E-state index is 11.5. The van der Waals surface area contributed by atoms with Crippen LogP contribution in [0.2, 0.25) is 0 Å². The number of fused-ring (bicyclic) bond motifs is 13. The predicted octanol–water partition coefficient (Wildman–Crippen LogP) is 14.4. The first-order valence-corrected chi connectivity index (χ1v) is 22.1. The largest absolute Gasteiger partial charge is 0.333 e. The van der Waals surface area contributed by atoms with E-state index in [2.05, 4.69) is 166 Å². The third kappa shape index (κ3) is 4.92. The normalized spacial score (nSPS) is 15.0. The van der Waals surface area contributed by atoms with Crippen LogP contribution in [0.5, 0.6) is 0 Å². The Morgan fingerprint density at radius 3 is 2.03 bits per heavy atom. The van der Waals surface area contributed by atoms with Crippen molar-refractivity contribution in [1.29, 1.82) is 15.8 Å². The Bertz CT molecular complexity index is 3970. The van der Waals surface area contributed by atoms with Crippen LogP contribution in [0, 0.1) is 34.0 Å². The van der Waals surface area contributed by atoms with Crippen molar-refractivity contribution in [3.63, 3.8) is 0 Å². The zero-order valence-corrected chi connectivity index (χ0v) is 34.9. The van der Waals surface area contributed by atoms with Gasteiger partial charge in [0.2, 0.25) is 0 Å². The van der Waals surface area contributed by atoms with Gasteiger partial charge in [-0.1, -0.05) is 109 Å². The van der Waals surface area contributed by atoms with Gasteiger partial charge < -0.3 is 14.0 Å². The van der Waals surface area contributed by atoms with Gasteiger partial charge in [0.25, 0.3) is 0 Å². The number of nitrogens with zero attached hydrogens (tertiary/aromatic N) is 6. The molecule has 11 aromatic rings. The van der Waals surface area contributed by atoms with E-state index in [-0.39, 0.29) is 12.0 Å². The molecule has 13 rings (SSSR count). The highest BCUT2D eigenvalue weighted by atomic mass is 32.1. The van der Waals surface area contributed by atoms with Gasteiger partial charge in [0.05, 0.1) is 62.4 Å². The second-order valence-corrected chi connectivity index (χ2v) is 17.6. The number of para-hydroxylation sites is 4. The maximum Gasteiger partial charge on any atom is 0.102 e. The lowest BCUT2D eigenvalue weighted by molar-refractivity contribution is 0.669. The number of thiophene rings is 1. The number of hydrogen-bond donors (Lipinski definition) is 0. The first-order valence-electron chi connectivity index (χ1n) is 21.3. The topological polar surface area (TPSA) is 84.5 Å². The molecular weight excluding hydrogens is 801 g/mol. The molecule has 296 valence electrons. The molecule has 8 aromatic carbocycles. The van der Waals surface area contributed by atoms with Crippen molar-refractivity contribution in [3.8, 4) is 40.7 Å². The molecule has 0 bridgehead atoms. The number of aromatic nitrogens is 2. The van der Waals surface area contributed by atoms with E-state index in [1.54, 1.807) is 11.3 Å². The van der Waals surface area contributed by atoms with Gasteiger partial charge in [-0.25, -0.2) is 0 Å². The van der Waals surface area contributed by atoms with E-state index < -0.39 is 0 Å². The molecule has 0 saturated heterocycles. The van der Waals surface area contributed by atoms with Crippen molar-refractivity contribution in [3.05, 3.63) is 209 Å². The molecule has 4 heterocycles. The Labute approximate surface area is 371 Å².